The molecule has 0 radical (unpaired) electrons. The number of amides is 2. The molecule has 0 aliphatic rings. The summed E-state index contributed by atoms with van der Waals surface area (Å²) in [6.07, 6.45) is 0. The molecular formula is C22H23N5O2. The molecule has 0 bridgehead atoms. The Hall–Kier alpha value is -3.74. The lowest BCUT2D eigenvalue weighted by Gasteiger charge is -2.18. The molecule has 0 saturated carbocycles. The van der Waals surface area contributed by atoms with Gasteiger partial charge >= 0.3 is 0 Å². The van der Waals surface area contributed by atoms with Gasteiger partial charge in [0.1, 0.15) is 0 Å². The number of benzene rings is 2. The van der Waals surface area contributed by atoms with Crippen molar-refractivity contribution in [3.05, 3.63) is 77.5 Å². The fraction of sp³-hybridized carbons (Fsp3) is 0.182. The van der Waals surface area contributed by atoms with Gasteiger partial charge in [0, 0.05) is 18.4 Å². The second-order valence-corrected chi connectivity index (χ2v) is 6.75. The highest BCUT2D eigenvalue weighted by atomic mass is 16.2. The van der Waals surface area contributed by atoms with E-state index in [0.29, 0.717) is 11.5 Å². The molecule has 0 aliphatic heterocycles. The molecule has 0 atom stereocenters. The predicted octanol–water partition coefficient (Wildman–Crippen LogP) is 3.42. The molecule has 0 aliphatic carbocycles. The summed E-state index contributed by atoms with van der Waals surface area (Å²) in [6, 6.07) is 18.2. The normalized spacial score (nSPS) is 10.3. The molecule has 1 aromatic heterocycles. The lowest BCUT2D eigenvalue weighted by Crippen LogP contribution is -2.31. The summed E-state index contributed by atoms with van der Waals surface area (Å²) in [5, 5.41) is 13.7. The van der Waals surface area contributed by atoms with Gasteiger partial charge in [0.15, 0.2) is 11.5 Å². The number of carbonyl (C=O) groups excluding carboxylic acids is 2. The second kappa shape index (κ2) is 8.97. The molecule has 3 aromatic rings. The van der Waals surface area contributed by atoms with Crippen LogP contribution >= 0.6 is 0 Å². The van der Waals surface area contributed by atoms with Crippen LogP contribution in [0.2, 0.25) is 0 Å². The van der Waals surface area contributed by atoms with Gasteiger partial charge in [-0.15, -0.1) is 10.2 Å². The number of aromatic nitrogens is 2. The summed E-state index contributed by atoms with van der Waals surface area (Å²) < 4.78 is 0. The molecule has 0 unspecified atom stereocenters. The van der Waals surface area contributed by atoms with Crippen molar-refractivity contribution in [3.63, 3.8) is 0 Å². The van der Waals surface area contributed by atoms with Crippen LogP contribution in [0.4, 0.5) is 17.2 Å². The average molecular weight is 389 g/mol. The molecular weight excluding hydrogens is 366 g/mol. The number of nitrogens with zero attached hydrogens (tertiary/aromatic N) is 3. The number of hydrogen-bond acceptors (Lipinski definition) is 5. The van der Waals surface area contributed by atoms with Crippen molar-refractivity contribution in [2.75, 3.05) is 29.1 Å². The summed E-state index contributed by atoms with van der Waals surface area (Å²) in [5.41, 5.74) is 3.83. The summed E-state index contributed by atoms with van der Waals surface area (Å²) in [5.74, 6) is -0.00292. The Morgan fingerprint density at radius 3 is 2.34 bits per heavy atom. The second-order valence-electron chi connectivity index (χ2n) is 6.75. The van der Waals surface area contributed by atoms with Gasteiger partial charge < -0.3 is 15.5 Å². The first-order valence-corrected chi connectivity index (χ1v) is 9.21. The number of para-hydroxylation sites is 1. The number of anilines is 3. The maximum atomic E-state index is 12.4. The SMILES string of the molecule is Cc1cccc(NC(=O)CN(C)c2ccc(C(=O)Nc3ccccc3)nn2)c1C. The molecule has 0 spiro atoms. The Kier molecular flexibility index (Phi) is 6.19. The number of rotatable bonds is 6. The van der Waals surface area contributed by atoms with Crippen LogP contribution in [0.3, 0.4) is 0 Å². The van der Waals surface area contributed by atoms with E-state index in [2.05, 4.69) is 20.8 Å². The minimum absolute atomic E-state index is 0.109. The first-order chi connectivity index (χ1) is 13.9. The third-order valence-corrected chi connectivity index (χ3v) is 4.57. The molecule has 1 heterocycles. The van der Waals surface area contributed by atoms with E-state index in [9.17, 15) is 9.59 Å². The Bertz CT molecular complexity index is 1000. The van der Waals surface area contributed by atoms with Crippen molar-refractivity contribution in [1.29, 1.82) is 0 Å². The molecule has 0 saturated heterocycles. The molecule has 0 fully saturated rings. The van der Waals surface area contributed by atoms with Crippen molar-refractivity contribution >= 4 is 29.0 Å². The zero-order chi connectivity index (χ0) is 20.8. The number of carbonyl (C=O) groups is 2. The number of nitrogens with one attached hydrogen (secondary N) is 2. The quantitative estimate of drug-likeness (QED) is 0.675. The monoisotopic (exact) mass is 389 g/mol. The van der Waals surface area contributed by atoms with Crippen molar-refractivity contribution in [2.24, 2.45) is 0 Å². The highest BCUT2D eigenvalue weighted by Gasteiger charge is 2.13. The summed E-state index contributed by atoms with van der Waals surface area (Å²) in [7, 11) is 1.75. The number of likely N-dealkylation sites (N-methyl/N-ethyl adjacent to an activating group) is 1. The third-order valence-electron chi connectivity index (χ3n) is 4.57. The Balaban J connectivity index is 1.59. The van der Waals surface area contributed by atoms with Gasteiger partial charge in [-0.2, -0.15) is 0 Å². The van der Waals surface area contributed by atoms with E-state index in [1.54, 1.807) is 36.2 Å². The highest BCUT2D eigenvalue weighted by molar-refractivity contribution is 6.02. The van der Waals surface area contributed by atoms with E-state index in [4.69, 9.17) is 0 Å². The van der Waals surface area contributed by atoms with Crippen LogP contribution in [0.15, 0.2) is 60.7 Å². The Morgan fingerprint density at radius 2 is 1.66 bits per heavy atom. The fourth-order valence-electron chi connectivity index (χ4n) is 2.74. The third kappa shape index (κ3) is 5.16. The molecule has 2 aromatic carbocycles. The smallest absolute Gasteiger partial charge is 0.276 e. The molecule has 7 nitrogen and oxygen atoms in total. The van der Waals surface area contributed by atoms with Crippen LogP contribution in [0.25, 0.3) is 0 Å². The van der Waals surface area contributed by atoms with Crippen LogP contribution in [-0.2, 0) is 4.79 Å². The van der Waals surface area contributed by atoms with Crippen LogP contribution in [0, 0.1) is 13.8 Å². The van der Waals surface area contributed by atoms with E-state index < -0.39 is 0 Å². The van der Waals surface area contributed by atoms with Crippen LogP contribution in [-0.4, -0.2) is 35.6 Å². The first kappa shape index (κ1) is 20.0. The molecule has 3 rings (SSSR count). The van der Waals surface area contributed by atoms with Crippen molar-refractivity contribution in [1.82, 2.24) is 10.2 Å². The van der Waals surface area contributed by atoms with Crippen LogP contribution < -0.4 is 15.5 Å². The standard InChI is InChI=1S/C22H23N5O2/c1-15-8-7-11-18(16(15)2)24-21(28)14-27(3)20-13-12-19(25-26-20)22(29)23-17-9-5-4-6-10-17/h4-13H,14H2,1-3H3,(H,23,29)(H,24,28). The summed E-state index contributed by atoms with van der Waals surface area (Å²) in [4.78, 5) is 26.3. The maximum absolute atomic E-state index is 12.4. The van der Waals surface area contributed by atoms with Gasteiger partial charge in [0.25, 0.3) is 5.91 Å². The van der Waals surface area contributed by atoms with E-state index in [-0.39, 0.29) is 24.1 Å². The minimum Gasteiger partial charge on any atom is -0.349 e. The van der Waals surface area contributed by atoms with Gasteiger partial charge in [-0.25, -0.2) is 0 Å². The zero-order valence-corrected chi connectivity index (χ0v) is 16.6. The van der Waals surface area contributed by atoms with Gasteiger partial charge in [-0.1, -0.05) is 30.3 Å². The Morgan fingerprint density at radius 1 is 0.897 bits per heavy atom. The molecule has 7 heteroatoms. The summed E-state index contributed by atoms with van der Waals surface area (Å²) >= 11 is 0. The average Bonchev–Trinajstić information content (AvgIpc) is 2.72. The van der Waals surface area contributed by atoms with Crippen LogP contribution in [0.1, 0.15) is 21.6 Å². The topological polar surface area (TPSA) is 87.2 Å². The number of hydrogen-bond donors (Lipinski definition) is 2. The van der Waals surface area contributed by atoms with E-state index in [1.807, 2.05) is 50.2 Å². The van der Waals surface area contributed by atoms with E-state index in [1.165, 1.54) is 0 Å². The van der Waals surface area contributed by atoms with E-state index in [0.717, 1.165) is 16.8 Å². The highest BCUT2D eigenvalue weighted by Crippen LogP contribution is 2.18. The lowest BCUT2D eigenvalue weighted by molar-refractivity contribution is -0.114. The summed E-state index contributed by atoms with van der Waals surface area (Å²) in [6.45, 7) is 4.08. The fourth-order valence-corrected chi connectivity index (χ4v) is 2.74. The zero-order valence-electron chi connectivity index (χ0n) is 16.6. The van der Waals surface area contributed by atoms with Gasteiger partial charge in [0.2, 0.25) is 5.91 Å². The first-order valence-electron chi connectivity index (χ1n) is 9.21. The van der Waals surface area contributed by atoms with Gasteiger partial charge in [-0.05, 0) is 55.3 Å². The van der Waals surface area contributed by atoms with Crippen LogP contribution in [0.5, 0.6) is 0 Å². The van der Waals surface area contributed by atoms with Crippen molar-refractivity contribution in [2.45, 2.75) is 13.8 Å². The minimum atomic E-state index is -0.342. The Labute approximate surface area is 169 Å². The molecule has 2 N–H and O–H groups in total. The van der Waals surface area contributed by atoms with Crippen molar-refractivity contribution in [3.8, 4) is 0 Å². The largest absolute Gasteiger partial charge is 0.349 e. The molecule has 29 heavy (non-hydrogen) atoms. The molecule has 2 amide bonds. The maximum Gasteiger partial charge on any atom is 0.276 e. The lowest BCUT2D eigenvalue weighted by atomic mass is 10.1. The van der Waals surface area contributed by atoms with Gasteiger partial charge in [0.05, 0.1) is 6.54 Å². The predicted molar refractivity (Wildman–Crippen MR) is 114 cm³/mol. The van der Waals surface area contributed by atoms with Crippen molar-refractivity contribution < 1.29 is 9.59 Å². The number of aryl methyl sites for hydroxylation is 1. The molecule has 148 valence electrons. The van der Waals surface area contributed by atoms with E-state index >= 15 is 0 Å². The van der Waals surface area contributed by atoms with Gasteiger partial charge in [-0.3, -0.25) is 9.59 Å².